The number of benzene rings is 1. The van der Waals surface area contributed by atoms with Crippen molar-refractivity contribution in [1.82, 2.24) is 4.90 Å². The van der Waals surface area contributed by atoms with E-state index < -0.39 is 0 Å². The third-order valence-corrected chi connectivity index (χ3v) is 5.82. The van der Waals surface area contributed by atoms with Gasteiger partial charge in [0.05, 0.1) is 6.61 Å². The summed E-state index contributed by atoms with van der Waals surface area (Å²) in [7, 11) is 0. The van der Waals surface area contributed by atoms with Crippen LogP contribution in [0.15, 0.2) is 30.3 Å². The van der Waals surface area contributed by atoms with Crippen LogP contribution < -0.4 is 0 Å². The highest BCUT2D eigenvalue weighted by atomic mass is 35.5. The van der Waals surface area contributed by atoms with E-state index in [2.05, 4.69) is 17.9 Å². The van der Waals surface area contributed by atoms with Gasteiger partial charge < -0.3 is 4.74 Å². The van der Waals surface area contributed by atoms with E-state index in [9.17, 15) is 4.79 Å². The Morgan fingerprint density at radius 3 is 3.00 bits per heavy atom. The lowest BCUT2D eigenvalue weighted by Crippen LogP contribution is -2.29. The molecule has 0 spiro atoms. The predicted molar refractivity (Wildman–Crippen MR) is 98.8 cm³/mol. The van der Waals surface area contributed by atoms with Crippen molar-refractivity contribution in [3.8, 4) is 0 Å². The van der Waals surface area contributed by atoms with Gasteiger partial charge in [-0.05, 0) is 36.1 Å². The molecule has 128 valence electrons. The number of carbonyl (C=O) groups is 1. The zero-order valence-corrected chi connectivity index (χ0v) is 15.5. The Labute approximate surface area is 152 Å². The molecule has 0 radical (unpaired) electrons. The molecule has 3 rings (SSSR count). The smallest absolute Gasteiger partial charge is 0.348 e. The maximum absolute atomic E-state index is 12.1. The fourth-order valence-corrected chi connectivity index (χ4v) is 4.13. The number of hydrogen-bond donors (Lipinski definition) is 0. The number of hydrogen-bond acceptors (Lipinski definition) is 4. The van der Waals surface area contributed by atoms with Gasteiger partial charge in [-0.15, -0.1) is 11.3 Å². The van der Waals surface area contributed by atoms with E-state index in [1.54, 1.807) is 11.3 Å². The van der Waals surface area contributed by atoms with Gasteiger partial charge in [-0.3, -0.25) is 4.90 Å². The molecule has 2 aromatic rings. The van der Waals surface area contributed by atoms with E-state index in [1.807, 2.05) is 24.3 Å². The summed E-state index contributed by atoms with van der Waals surface area (Å²) in [6.07, 6.45) is 2.93. The average molecular weight is 364 g/mol. The molecule has 0 saturated heterocycles. The third-order valence-electron chi connectivity index (χ3n) is 4.23. The predicted octanol–water partition coefficient (Wildman–Crippen LogP) is 4.92. The zero-order chi connectivity index (χ0) is 16.9. The minimum absolute atomic E-state index is 0.180. The second-order valence-corrected chi connectivity index (χ2v) is 7.64. The lowest BCUT2D eigenvalue weighted by Gasteiger charge is -2.27. The number of thiophene rings is 1. The molecule has 0 bridgehead atoms. The number of nitrogens with zero attached hydrogens (tertiary/aromatic N) is 1. The van der Waals surface area contributed by atoms with Crippen LogP contribution in [0.2, 0.25) is 5.02 Å². The van der Waals surface area contributed by atoms with Gasteiger partial charge in [0, 0.05) is 29.5 Å². The monoisotopic (exact) mass is 363 g/mol. The van der Waals surface area contributed by atoms with E-state index in [1.165, 1.54) is 10.4 Å². The van der Waals surface area contributed by atoms with Gasteiger partial charge in [0.2, 0.25) is 0 Å². The molecule has 24 heavy (non-hydrogen) atoms. The van der Waals surface area contributed by atoms with Crippen LogP contribution in [-0.2, 0) is 24.2 Å². The molecule has 1 aromatic carbocycles. The molecule has 3 nitrogen and oxygen atoms in total. The first-order valence-corrected chi connectivity index (χ1v) is 9.61. The highest BCUT2D eigenvalue weighted by Crippen LogP contribution is 2.30. The first kappa shape index (κ1) is 17.5. The Bertz CT molecular complexity index is 713. The molecule has 0 saturated carbocycles. The summed E-state index contributed by atoms with van der Waals surface area (Å²) in [4.78, 5) is 16.5. The second-order valence-electron chi connectivity index (χ2n) is 6.10. The molecular weight excluding hydrogens is 342 g/mol. The average Bonchev–Trinajstić information content (AvgIpc) is 3.00. The van der Waals surface area contributed by atoms with Gasteiger partial charge in [0.15, 0.2) is 0 Å². The molecule has 0 amide bonds. The maximum Gasteiger partial charge on any atom is 0.348 e. The largest absolute Gasteiger partial charge is 0.462 e. The van der Waals surface area contributed by atoms with Crippen LogP contribution >= 0.6 is 22.9 Å². The van der Waals surface area contributed by atoms with Gasteiger partial charge in [-0.2, -0.15) is 0 Å². The molecule has 5 heteroatoms. The molecule has 0 aliphatic carbocycles. The minimum Gasteiger partial charge on any atom is -0.462 e. The molecule has 0 unspecified atom stereocenters. The van der Waals surface area contributed by atoms with Gasteiger partial charge >= 0.3 is 5.97 Å². The number of fused-ring (bicyclic) bond motifs is 1. The van der Waals surface area contributed by atoms with Gasteiger partial charge in [0.25, 0.3) is 0 Å². The van der Waals surface area contributed by atoms with Crippen molar-refractivity contribution in [2.75, 3.05) is 13.2 Å². The Morgan fingerprint density at radius 2 is 2.21 bits per heavy atom. The van der Waals surface area contributed by atoms with Crippen LogP contribution in [0.4, 0.5) is 0 Å². The quantitative estimate of drug-likeness (QED) is 0.539. The summed E-state index contributed by atoms with van der Waals surface area (Å²) in [6.45, 7) is 5.29. The van der Waals surface area contributed by atoms with Crippen molar-refractivity contribution >= 4 is 28.9 Å². The summed E-state index contributed by atoms with van der Waals surface area (Å²) < 4.78 is 5.32. The second kappa shape index (κ2) is 8.15. The minimum atomic E-state index is -0.180. The number of esters is 1. The number of ether oxygens (including phenoxy) is 1. The van der Waals surface area contributed by atoms with Crippen molar-refractivity contribution in [3.05, 3.63) is 56.2 Å². The van der Waals surface area contributed by atoms with Crippen LogP contribution in [0.25, 0.3) is 0 Å². The number of rotatable bonds is 6. The van der Waals surface area contributed by atoms with Crippen molar-refractivity contribution in [2.24, 2.45) is 0 Å². The highest BCUT2D eigenvalue weighted by Gasteiger charge is 2.22. The van der Waals surface area contributed by atoms with Crippen LogP contribution in [0.1, 0.15) is 45.4 Å². The van der Waals surface area contributed by atoms with Gasteiger partial charge in [0.1, 0.15) is 4.88 Å². The Hall–Kier alpha value is -1.36. The molecule has 2 heterocycles. The molecular formula is C19H22ClNO2S. The van der Waals surface area contributed by atoms with Crippen LogP contribution in [0, 0.1) is 0 Å². The SMILES string of the molecule is CCCCOC(=O)c1cc2c(s1)CCN(Cc1ccccc1Cl)C2. The van der Waals surface area contributed by atoms with Crippen LogP contribution in [0.5, 0.6) is 0 Å². The van der Waals surface area contributed by atoms with Crippen LogP contribution in [0.3, 0.4) is 0 Å². The number of halogens is 1. The Kier molecular flexibility index (Phi) is 5.93. The Morgan fingerprint density at radius 1 is 1.38 bits per heavy atom. The highest BCUT2D eigenvalue weighted by molar-refractivity contribution is 7.14. The first-order chi connectivity index (χ1) is 11.7. The maximum atomic E-state index is 12.1. The van der Waals surface area contributed by atoms with E-state index in [0.717, 1.165) is 54.4 Å². The fraction of sp³-hybridized carbons (Fsp3) is 0.421. The lowest BCUT2D eigenvalue weighted by molar-refractivity contribution is 0.0505. The molecule has 0 atom stereocenters. The topological polar surface area (TPSA) is 29.5 Å². The van der Waals surface area contributed by atoms with Gasteiger partial charge in [-0.25, -0.2) is 4.79 Å². The summed E-state index contributed by atoms with van der Waals surface area (Å²) >= 11 is 7.85. The van der Waals surface area contributed by atoms with Crippen molar-refractivity contribution in [2.45, 2.75) is 39.3 Å². The fourth-order valence-electron chi connectivity index (χ4n) is 2.87. The summed E-state index contributed by atoms with van der Waals surface area (Å²) in [5.41, 5.74) is 2.40. The molecule has 1 aromatic heterocycles. The summed E-state index contributed by atoms with van der Waals surface area (Å²) in [5, 5.41) is 0.814. The van der Waals surface area contributed by atoms with E-state index in [4.69, 9.17) is 16.3 Å². The summed E-state index contributed by atoms with van der Waals surface area (Å²) in [6, 6.07) is 9.98. The Balaban J connectivity index is 1.63. The molecule has 1 aliphatic rings. The molecule has 1 aliphatic heterocycles. The van der Waals surface area contributed by atoms with Crippen molar-refractivity contribution < 1.29 is 9.53 Å². The van der Waals surface area contributed by atoms with E-state index in [-0.39, 0.29) is 5.97 Å². The van der Waals surface area contributed by atoms with E-state index in [0.29, 0.717) is 6.61 Å². The standard InChI is InChI=1S/C19H22ClNO2S/c1-2-3-10-23-19(22)18-11-15-13-21(9-8-17(15)24-18)12-14-6-4-5-7-16(14)20/h4-7,11H,2-3,8-10,12-13H2,1H3. The van der Waals surface area contributed by atoms with Crippen LogP contribution in [-0.4, -0.2) is 24.0 Å². The first-order valence-electron chi connectivity index (χ1n) is 8.42. The van der Waals surface area contributed by atoms with E-state index >= 15 is 0 Å². The third kappa shape index (κ3) is 4.18. The number of carbonyl (C=O) groups excluding carboxylic acids is 1. The molecule has 0 N–H and O–H groups in total. The lowest BCUT2D eigenvalue weighted by atomic mass is 10.1. The zero-order valence-electron chi connectivity index (χ0n) is 13.9. The number of unbranched alkanes of at least 4 members (excludes halogenated alkanes) is 1. The van der Waals surface area contributed by atoms with Crippen molar-refractivity contribution in [1.29, 1.82) is 0 Å². The molecule has 0 fully saturated rings. The van der Waals surface area contributed by atoms with Crippen molar-refractivity contribution in [3.63, 3.8) is 0 Å². The van der Waals surface area contributed by atoms with Gasteiger partial charge in [-0.1, -0.05) is 43.1 Å². The normalized spacial score (nSPS) is 14.4. The summed E-state index contributed by atoms with van der Waals surface area (Å²) in [5.74, 6) is -0.180.